The molecule has 0 spiro atoms. The predicted molar refractivity (Wildman–Crippen MR) is 58.7 cm³/mol. The molecule has 86 valence electrons. The maximum absolute atomic E-state index is 11.2. The van der Waals surface area contributed by atoms with Crippen LogP contribution in [0.1, 0.15) is 39.0 Å². The van der Waals surface area contributed by atoms with Gasteiger partial charge >= 0.3 is 5.97 Å². The van der Waals surface area contributed by atoms with Gasteiger partial charge in [-0.2, -0.15) is 0 Å². The van der Waals surface area contributed by atoms with Crippen molar-refractivity contribution in [2.24, 2.45) is 17.8 Å². The number of hydrogen-bond acceptors (Lipinski definition) is 2. The lowest BCUT2D eigenvalue weighted by atomic mass is 9.84. The molecule has 0 saturated heterocycles. The van der Waals surface area contributed by atoms with Gasteiger partial charge in [0.1, 0.15) is 0 Å². The maximum Gasteiger partial charge on any atom is 0.308 e. The average molecular weight is 211 g/mol. The number of carbonyl (C=O) groups is 1. The second-order valence-corrected chi connectivity index (χ2v) is 5.03. The highest BCUT2D eigenvalue weighted by atomic mass is 16.4. The number of rotatable bonds is 5. The lowest BCUT2D eigenvalue weighted by Gasteiger charge is -2.29. The molecule has 4 unspecified atom stereocenters. The summed E-state index contributed by atoms with van der Waals surface area (Å²) in [4.78, 5) is 11.2. The Balaban J connectivity index is 1.93. The smallest absolute Gasteiger partial charge is 0.308 e. The van der Waals surface area contributed by atoms with Crippen LogP contribution in [0.2, 0.25) is 0 Å². The van der Waals surface area contributed by atoms with Gasteiger partial charge in [0.15, 0.2) is 0 Å². The molecule has 0 aromatic rings. The molecule has 2 saturated carbocycles. The first-order valence-electron chi connectivity index (χ1n) is 6.20. The molecule has 3 nitrogen and oxygen atoms in total. The molecule has 2 aliphatic rings. The SMILES string of the molecule is CCCCNC1C2CCC(C2)C1C(=O)O. The Morgan fingerprint density at radius 2 is 2.13 bits per heavy atom. The first kappa shape index (κ1) is 10.9. The number of carboxylic acids is 1. The van der Waals surface area contributed by atoms with Crippen LogP contribution < -0.4 is 5.32 Å². The zero-order valence-corrected chi connectivity index (χ0v) is 9.41. The predicted octanol–water partition coefficient (Wildman–Crippen LogP) is 1.88. The standard InChI is InChI=1S/C12H21NO2/c1-2-3-6-13-11-9-5-4-8(7-9)10(11)12(14)15/h8-11,13H,2-7H2,1H3,(H,14,15). The minimum absolute atomic E-state index is 0.111. The van der Waals surface area contributed by atoms with Crippen LogP contribution in [0.15, 0.2) is 0 Å². The summed E-state index contributed by atoms with van der Waals surface area (Å²) in [5.41, 5.74) is 0. The van der Waals surface area contributed by atoms with Crippen LogP contribution in [0.25, 0.3) is 0 Å². The molecule has 2 fully saturated rings. The van der Waals surface area contributed by atoms with Gasteiger partial charge in [-0.3, -0.25) is 4.79 Å². The quantitative estimate of drug-likeness (QED) is 0.683. The van der Waals surface area contributed by atoms with Crippen LogP contribution in [-0.4, -0.2) is 23.7 Å². The third kappa shape index (κ3) is 2.03. The summed E-state index contributed by atoms with van der Waals surface area (Å²) in [6.45, 7) is 3.14. The highest BCUT2D eigenvalue weighted by molar-refractivity contribution is 5.72. The number of aliphatic carboxylic acids is 1. The van der Waals surface area contributed by atoms with E-state index in [-0.39, 0.29) is 12.0 Å². The van der Waals surface area contributed by atoms with E-state index in [9.17, 15) is 9.90 Å². The van der Waals surface area contributed by atoms with Crippen LogP contribution in [0.5, 0.6) is 0 Å². The van der Waals surface area contributed by atoms with Crippen molar-refractivity contribution in [2.75, 3.05) is 6.54 Å². The molecular weight excluding hydrogens is 190 g/mol. The van der Waals surface area contributed by atoms with Gasteiger partial charge in [0.25, 0.3) is 0 Å². The summed E-state index contributed by atoms with van der Waals surface area (Å²) in [5.74, 6) is 0.386. The van der Waals surface area contributed by atoms with Gasteiger partial charge in [0.2, 0.25) is 0 Å². The molecule has 15 heavy (non-hydrogen) atoms. The van der Waals surface area contributed by atoms with Gasteiger partial charge in [-0.25, -0.2) is 0 Å². The average Bonchev–Trinajstić information content (AvgIpc) is 2.77. The minimum atomic E-state index is -0.587. The highest BCUT2D eigenvalue weighted by Gasteiger charge is 2.50. The fourth-order valence-corrected chi connectivity index (χ4v) is 3.39. The molecule has 0 radical (unpaired) electrons. The molecule has 2 rings (SSSR count). The van der Waals surface area contributed by atoms with E-state index in [1.54, 1.807) is 0 Å². The van der Waals surface area contributed by atoms with Crippen molar-refractivity contribution in [3.05, 3.63) is 0 Å². The minimum Gasteiger partial charge on any atom is -0.481 e. The molecule has 3 heteroatoms. The van der Waals surface area contributed by atoms with Crippen LogP contribution >= 0.6 is 0 Å². The monoisotopic (exact) mass is 211 g/mol. The lowest BCUT2D eigenvalue weighted by molar-refractivity contribution is -0.144. The third-order valence-electron chi connectivity index (χ3n) is 4.11. The van der Waals surface area contributed by atoms with Crippen LogP contribution in [0.3, 0.4) is 0 Å². The summed E-state index contributed by atoms with van der Waals surface area (Å²) in [6, 6.07) is 0.257. The number of nitrogens with one attached hydrogen (secondary N) is 1. The van der Waals surface area contributed by atoms with E-state index in [1.807, 2.05) is 0 Å². The van der Waals surface area contributed by atoms with Gasteiger partial charge in [-0.1, -0.05) is 13.3 Å². The van der Waals surface area contributed by atoms with Crippen LogP contribution in [0.4, 0.5) is 0 Å². The molecule has 2 N–H and O–H groups in total. The first-order chi connectivity index (χ1) is 7.24. The topological polar surface area (TPSA) is 49.3 Å². The molecule has 0 amide bonds. The zero-order chi connectivity index (χ0) is 10.8. The first-order valence-corrected chi connectivity index (χ1v) is 6.20. The molecule has 0 aromatic heterocycles. The van der Waals surface area contributed by atoms with Gasteiger partial charge in [0.05, 0.1) is 5.92 Å². The van der Waals surface area contributed by atoms with Crippen molar-refractivity contribution >= 4 is 5.97 Å². The summed E-state index contributed by atoms with van der Waals surface area (Å²) >= 11 is 0. The molecule has 0 aromatic carbocycles. The van der Waals surface area contributed by atoms with Gasteiger partial charge in [-0.05, 0) is 44.1 Å². The largest absolute Gasteiger partial charge is 0.481 e. The van der Waals surface area contributed by atoms with E-state index < -0.39 is 5.97 Å². The summed E-state index contributed by atoms with van der Waals surface area (Å²) in [6.07, 6.45) is 5.83. The normalized spacial score (nSPS) is 38.5. The Morgan fingerprint density at radius 1 is 1.40 bits per heavy atom. The fraction of sp³-hybridized carbons (Fsp3) is 0.917. The van der Waals surface area contributed by atoms with E-state index in [0.29, 0.717) is 11.8 Å². The van der Waals surface area contributed by atoms with E-state index in [0.717, 1.165) is 25.8 Å². The van der Waals surface area contributed by atoms with E-state index >= 15 is 0 Å². The second kappa shape index (κ2) is 4.52. The van der Waals surface area contributed by atoms with Crippen molar-refractivity contribution in [1.82, 2.24) is 5.32 Å². The third-order valence-corrected chi connectivity index (χ3v) is 4.11. The molecule has 0 heterocycles. The van der Waals surface area contributed by atoms with Gasteiger partial charge in [0, 0.05) is 6.04 Å². The molecule has 2 bridgehead atoms. The van der Waals surface area contributed by atoms with Crippen molar-refractivity contribution < 1.29 is 9.90 Å². The Kier molecular flexibility index (Phi) is 3.29. The Morgan fingerprint density at radius 3 is 2.80 bits per heavy atom. The zero-order valence-electron chi connectivity index (χ0n) is 9.41. The molecule has 4 atom stereocenters. The fourth-order valence-electron chi connectivity index (χ4n) is 3.39. The lowest BCUT2D eigenvalue weighted by Crippen LogP contribution is -2.44. The number of fused-ring (bicyclic) bond motifs is 2. The second-order valence-electron chi connectivity index (χ2n) is 5.03. The van der Waals surface area contributed by atoms with Crippen molar-refractivity contribution in [3.8, 4) is 0 Å². The molecule has 0 aliphatic heterocycles. The van der Waals surface area contributed by atoms with Crippen LogP contribution in [-0.2, 0) is 4.79 Å². The number of carboxylic acid groups (broad SMARTS) is 1. The van der Waals surface area contributed by atoms with Crippen molar-refractivity contribution in [2.45, 2.75) is 45.1 Å². The van der Waals surface area contributed by atoms with Crippen molar-refractivity contribution in [3.63, 3.8) is 0 Å². The van der Waals surface area contributed by atoms with Gasteiger partial charge < -0.3 is 10.4 Å². The summed E-state index contributed by atoms with van der Waals surface area (Å²) < 4.78 is 0. The van der Waals surface area contributed by atoms with E-state index in [1.165, 1.54) is 12.8 Å². The molecular formula is C12H21NO2. The number of unbranched alkanes of at least 4 members (excludes halogenated alkanes) is 1. The Hall–Kier alpha value is -0.570. The van der Waals surface area contributed by atoms with Crippen LogP contribution in [0, 0.1) is 17.8 Å². The Labute approximate surface area is 91.2 Å². The van der Waals surface area contributed by atoms with Gasteiger partial charge in [-0.15, -0.1) is 0 Å². The Bertz CT molecular complexity index is 242. The number of hydrogen-bond donors (Lipinski definition) is 2. The summed E-state index contributed by atoms with van der Waals surface area (Å²) in [5, 5.41) is 12.7. The maximum atomic E-state index is 11.2. The van der Waals surface area contributed by atoms with E-state index in [4.69, 9.17) is 0 Å². The summed E-state index contributed by atoms with van der Waals surface area (Å²) in [7, 11) is 0. The van der Waals surface area contributed by atoms with Crippen molar-refractivity contribution in [1.29, 1.82) is 0 Å². The van der Waals surface area contributed by atoms with E-state index in [2.05, 4.69) is 12.2 Å². The molecule has 2 aliphatic carbocycles. The highest BCUT2D eigenvalue weighted by Crippen LogP contribution is 2.48.